The first-order valence-electron chi connectivity index (χ1n) is 9.47. The van der Waals surface area contributed by atoms with Crippen molar-refractivity contribution in [3.8, 4) is 0 Å². The van der Waals surface area contributed by atoms with Gasteiger partial charge >= 0.3 is 0 Å². The Morgan fingerprint density at radius 3 is 2.31 bits per heavy atom. The van der Waals surface area contributed by atoms with Crippen LogP contribution < -0.4 is 10.2 Å². The van der Waals surface area contributed by atoms with E-state index >= 15 is 0 Å². The Hall–Kier alpha value is -3.36. The van der Waals surface area contributed by atoms with Crippen LogP contribution in [0.4, 0.5) is 23.0 Å². The molecule has 0 bridgehead atoms. The first-order chi connectivity index (χ1) is 14.3. The summed E-state index contributed by atoms with van der Waals surface area (Å²) in [7, 11) is 0. The summed E-state index contributed by atoms with van der Waals surface area (Å²) < 4.78 is 5.32. The minimum absolute atomic E-state index is 0.0305. The van der Waals surface area contributed by atoms with Crippen LogP contribution in [0.1, 0.15) is 0 Å². The minimum Gasteiger partial charge on any atom is -0.379 e. The van der Waals surface area contributed by atoms with Gasteiger partial charge in [0.1, 0.15) is 0 Å². The number of carbonyl (C=O) groups is 1. The van der Waals surface area contributed by atoms with Crippen LogP contribution in [-0.2, 0) is 9.53 Å². The molecule has 1 amide bonds. The van der Waals surface area contributed by atoms with Crippen molar-refractivity contribution in [1.29, 1.82) is 0 Å². The summed E-state index contributed by atoms with van der Waals surface area (Å²) in [6, 6.07) is 13.2. The molecule has 29 heavy (non-hydrogen) atoms. The molecular weight excluding hydrogens is 368 g/mol. The molecule has 3 heterocycles. The zero-order valence-electron chi connectivity index (χ0n) is 15.9. The first kappa shape index (κ1) is 19.0. The monoisotopic (exact) mass is 390 g/mol. The third-order valence-corrected chi connectivity index (χ3v) is 4.55. The quantitative estimate of drug-likeness (QED) is 0.693. The second-order valence-corrected chi connectivity index (χ2v) is 6.57. The number of hydrogen-bond donors (Lipinski definition) is 1. The van der Waals surface area contributed by atoms with Crippen molar-refractivity contribution in [3.63, 3.8) is 0 Å². The van der Waals surface area contributed by atoms with Crippen molar-refractivity contribution in [2.45, 2.75) is 0 Å². The molecule has 8 nitrogen and oxygen atoms in total. The molecule has 2 aromatic heterocycles. The van der Waals surface area contributed by atoms with E-state index in [0.29, 0.717) is 25.7 Å². The Balaban J connectivity index is 1.49. The van der Waals surface area contributed by atoms with Gasteiger partial charge in [-0.15, -0.1) is 0 Å². The van der Waals surface area contributed by atoms with Gasteiger partial charge in [-0.1, -0.05) is 0 Å². The molecule has 0 radical (unpaired) electrons. The number of pyridine rings is 1. The van der Waals surface area contributed by atoms with E-state index in [4.69, 9.17) is 4.74 Å². The van der Waals surface area contributed by atoms with Gasteiger partial charge in [0.15, 0.2) is 0 Å². The zero-order chi connectivity index (χ0) is 19.9. The SMILES string of the molecule is O=C(CN1CCOCC1)Nc1ccc(N(c2ccncc2)c2ncccn2)cc1. The Morgan fingerprint density at radius 2 is 1.62 bits per heavy atom. The van der Waals surface area contributed by atoms with Crippen molar-refractivity contribution in [2.24, 2.45) is 0 Å². The second kappa shape index (κ2) is 9.22. The summed E-state index contributed by atoms with van der Waals surface area (Å²) >= 11 is 0. The fraction of sp³-hybridized carbons (Fsp3) is 0.238. The second-order valence-electron chi connectivity index (χ2n) is 6.57. The van der Waals surface area contributed by atoms with Crippen LogP contribution in [0.5, 0.6) is 0 Å². The van der Waals surface area contributed by atoms with E-state index in [0.717, 1.165) is 30.2 Å². The predicted octanol–water partition coefficient (Wildman–Crippen LogP) is 2.61. The van der Waals surface area contributed by atoms with E-state index in [9.17, 15) is 4.79 Å². The normalized spacial score (nSPS) is 14.3. The Morgan fingerprint density at radius 1 is 0.966 bits per heavy atom. The standard InChI is InChI=1S/C21H22N6O2/c28-20(16-26-12-14-29-15-13-26)25-17-2-4-18(5-3-17)27(19-6-10-22-11-7-19)21-23-8-1-9-24-21/h1-11H,12-16H2,(H,25,28). The number of anilines is 4. The molecule has 148 valence electrons. The van der Waals surface area contributed by atoms with E-state index < -0.39 is 0 Å². The maximum absolute atomic E-state index is 12.3. The lowest BCUT2D eigenvalue weighted by Crippen LogP contribution is -2.41. The van der Waals surface area contributed by atoms with Gasteiger partial charge in [-0.05, 0) is 42.5 Å². The number of nitrogens with zero attached hydrogens (tertiary/aromatic N) is 5. The molecule has 1 aliphatic rings. The summed E-state index contributed by atoms with van der Waals surface area (Å²) in [4.78, 5) is 29.2. The number of carbonyl (C=O) groups excluding carboxylic acids is 1. The maximum Gasteiger partial charge on any atom is 0.238 e. The van der Waals surface area contributed by atoms with E-state index in [1.807, 2.05) is 41.3 Å². The third-order valence-electron chi connectivity index (χ3n) is 4.55. The van der Waals surface area contributed by atoms with E-state index in [1.54, 1.807) is 30.9 Å². The highest BCUT2D eigenvalue weighted by atomic mass is 16.5. The lowest BCUT2D eigenvalue weighted by molar-refractivity contribution is -0.118. The van der Waals surface area contributed by atoms with Crippen LogP contribution in [0.3, 0.4) is 0 Å². The highest BCUT2D eigenvalue weighted by Crippen LogP contribution is 2.31. The third kappa shape index (κ3) is 4.92. The molecule has 1 saturated heterocycles. The first-order valence-corrected chi connectivity index (χ1v) is 9.47. The fourth-order valence-corrected chi connectivity index (χ4v) is 3.14. The molecule has 0 unspecified atom stereocenters. The van der Waals surface area contributed by atoms with E-state index in [2.05, 4.69) is 25.2 Å². The predicted molar refractivity (Wildman–Crippen MR) is 110 cm³/mol. The average Bonchev–Trinajstić information content (AvgIpc) is 2.77. The van der Waals surface area contributed by atoms with Gasteiger partial charge in [0.05, 0.1) is 25.4 Å². The van der Waals surface area contributed by atoms with Crippen LogP contribution in [0.25, 0.3) is 0 Å². The molecule has 8 heteroatoms. The smallest absolute Gasteiger partial charge is 0.238 e. The van der Waals surface area contributed by atoms with Gasteiger partial charge in [-0.2, -0.15) is 0 Å². The van der Waals surface area contributed by atoms with Gasteiger partial charge in [0, 0.05) is 49.3 Å². The van der Waals surface area contributed by atoms with Crippen LogP contribution in [0, 0.1) is 0 Å². The van der Waals surface area contributed by atoms with Gasteiger partial charge in [-0.3, -0.25) is 19.6 Å². The molecule has 3 aromatic rings. The molecule has 4 rings (SSSR count). The van der Waals surface area contributed by atoms with Crippen molar-refractivity contribution in [2.75, 3.05) is 43.1 Å². The van der Waals surface area contributed by atoms with Crippen LogP contribution in [-0.4, -0.2) is 58.6 Å². The summed E-state index contributed by atoms with van der Waals surface area (Å²) in [6.07, 6.45) is 6.87. The molecule has 1 fully saturated rings. The van der Waals surface area contributed by atoms with Gasteiger partial charge in [-0.25, -0.2) is 9.97 Å². The number of aromatic nitrogens is 3. The number of nitrogens with one attached hydrogen (secondary N) is 1. The number of ether oxygens (including phenoxy) is 1. The molecule has 1 aliphatic heterocycles. The number of amides is 1. The molecule has 1 N–H and O–H groups in total. The van der Waals surface area contributed by atoms with Gasteiger partial charge < -0.3 is 10.1 Å². The topological polar surface area (TPSA) is 83.5 Å². The summed E-state index contributed by atoms with van der Waals surface area (Å²) in [6.45, 7) is 3.28. The summed E-state index contributed by atoms with van der Waals surface area (Å²) in [5, 5.41) is 2.95. The number of rotatable bonds is 6. The Kier molecular flexibility index (Phi) is 6.04. The van der Waals surface area contributed by atoms with E-state index in [1.165, 1.54) is 0 Å². The van der Waals surface area contributed by atoms with Crippen LogP contribution >= 0.6 is 0 Å². The van der Waals surface area contributed by atoms with Crippen LogP contribution in [0.2, 0.25) is 0 Å². The molecular formula is C21H22N6O2. The highest BCUT2D eigenvalue weighted by molar-refractivity contribution is 5.92. The van der Waals surface area contributed by atoms with Crippen molar-refractivity contribution < 1.29 is 9.53 Å². The molecule has 1 aromatic carbocycles. The number of morpholine rings is 1. The lowest BCUT2D eigenvalue weighted by Gasteiger charge is -2.26. The van der Waals surface area contributed by atoms with Gasteiger partial charge in [0.25, 0.3) is 0 Å². The zero-order valence-corrected chi connectivity index (χ0v) is 15.9. The average molecular weight is 390 g/mol. The minimum atomic E-state index is -0.0305. The number of hydrogen-bond acceptors (Lipinski definition) is 7. The van der Waals surface area contributed by atoms with Crippen molar-refractivity contribution >= 4 is 28.9 Å². The Bertz CT molecular complexity index is 875. The van der Waals surface area contributed by atoms with Gasteiger partial charge in [0.2, 0.25) is 11.9 Å². The highest BCUT2D eigenvalue weighted by Gasteiger charge is 2.16. The summed E-state index contributed by atoms with van der Waals surface area (Å²) in [5.41, 5.74) is 2.53. The summed E-state index contributed by atoms with van der Waals surface area (Å²) in [5.74, 6) is 0.528. The lowest BCUT2D eigenvalue weighted by atomic mass is 10.2. The van der Waals surface area contributed by atoms with E-state index in [-0.39, 0.29) is 5.91 Å². The maximum atomic E-state index is 12.3. The molecule has 0 spiro atoms. The largest absolute Gasteiger partial charge is 0.379 e. The molecule has 0 atom stereocenters. The fourth-order valence-electron chi connectivity index (χ4n) is 3.14. The molecule has 0 aliphatic carbocycles. The van der Waals surface area contributed by atoms with Crippen LogP contribution in [0.15, 0.2) is 67.3 Å². The molecule has 0 saturated carbocycles. The number of benzene rings is 1. The van der Waals surface area contributed by atoms with Crippen molar-refractivity contribution in [3.05, 3.63) is 67.3 Å². The Labute approximate surface area is 169 Å². The van der Waals surface area contributed by atoms with Crippen molar-refractivity contribution in [1.82, 2.24) is 19.9 Å².